The number of nitrogens with zero attached hydrogens (tertiary/aromatic N) is 3. The molecule has 1 aliphatic heterocycles. The number of carbonyl (C=O) groups is 2. The van der Waals surface area contributed by atoms with Gasteiger partial charge in [0, 0.05) is 12.7 Å². The molecule has 0 spiro atoms. The second-order valence-electron chi connectivity index (χ2n) is 6.27. The summed E-state index contributed by atoms with van der Waals surface area (Å²) in [6.07, 6.45) is -4.70. The fraction of sp³-hybridized carbons (Fsp3) is 0.222. The van der Waals surface area contributed by atoms with Gasteiger partial charge in [-0.05, 0) is 29.8 Å². The lowest BCUT2D eigenvalue weighted by Gasteiger charge is -2.25. The van der Waals surface area contributed by atoms with Crippen molar-refractivity contribution in [2.24, 2.45) is 10.7 Å². The van der Waals surface area contributed by atoms with Gasteiger partial charge in [-0.15, -0.1) is 0 Å². The molecule has 2 amide bonds. The van der Waals surface area contributed by atoms with Crippen molar-refractivity contribution in [3.63, 3.8) is 0 Å². The molecule has 1 aliphatic rings. The molecular weight excluding hydrogens is 411 g/mol. The predicted octanol–water partition coefficient (Wildman–Crippen LogP) is 3.22. The Morgan fingerprint density at radius 1 is 1.31 bits per heavy atom. The minimum atomic E-state index is -4.77. The Morgan fingerprint density at radius 2 is 2.03 bits per heavy atom. The van der Waals surface area contributed by atoms with Crippen LogP contribution < -0.4 is 11.1 Å². The molecule has 0 saturated heterocycles. The van der Waals surface area contributed by atoms with E-state index in [0.717, 1.165) is 6.07 Å². The largest absolute Gasteiger partial charge is 0.418 e. The lowest BCUT2D eigenvalue weighted by Crippen LogP contribution is -2.42. The predicted molar refractivity (Wildman–Crippen MR) is 100 cm³/mol. The van der Waals surface area contributed by atoms with E-state index in [1.807, 2.05) is 0 Å². The third kappa shape index (κ3) is 4.48. The SMILES string of the molecule is CN1C(=O)CC(c2cccc(NC(=O)c3nc(Cl)ccc3C(F)(F)F)c2)N=C1N. The van der Waals surface area contributed by atoms with Crippen LogP contribution in [0.5, 0.6) is 0 Å². The number of rotatable bonds is 3. The number of halogens is 4. The van der Waals surface area contributed by atoms with Crippen LogP contribution in [0.25, 0.3) is 0 Å². The van der Waals surface area contributed by atoms with Crippen molar-refractivity contribution in [3.05, 3.63) is 58.4 Å². The van der Waals surface area contributed by atoms with E-state index in [9.17, 15) is 22.8 Å². The molecule has 3 rings (SSSR count). The molecule has 1 unspecified atom stereocenters. The number of carbonyl (C=O) groups excluding carboxylic acids is 2. The molecule has 0 aliphatic carbocycles. The normalized spacial score (nSPS) is 17.1. The molecule has 3 N–H and O–H groups in total. The van der Waals surface area contributed by atoms with Crippen LogP contribution in [0.2, 0.25) is 5.15 Å². The maximum atomic E-state index is 13.2. The standard InChI is InChI=1S/C18H15ClF3N5O2/c1-27-14(28)8-12(25-17(27)23)9-3-2-4-10(7-9)24-16(29)15-11(18(20,21)22)5-6-13(19)26-15/h2-7,12H,8H2,1H3,(H2,23,25)(H,24,29). The number of aliphatic imine (C=N–C) groups is 1. The molecule has 29 heavy (non-hydrogen) atoms. The third-order valence-corrected chi connectivity index (χ3v) is 4.50. The van der Waals surface area contributed by atoms with Gasteiger partial charge in [0.05, 0.1) is 18.0 Å². The Kier molecular flexibility index (Phi) is 5.47. The number of anilines is 1. The van der Waals surface area contributed by atoms with Gasteiger partial charge in [-0.25, -0.2) is 9.98 Å². The Bertz CT molecular complexity index is 1010. The maximum Gasteiger partial charge on any atom is 0.418 e. The highest BCUT2D eigenvalue weighted by Gasteiger charge is 2.36. The van der Waals surface area contributed by atoms with Crippen molar-refractivity contribution in [2.75, 3.05) is 12.4 Å². The zero-order chi connectivity index (χ0) is 21.3. The molecule has 152 valence electrons. The van der Waals surface area contributed by atoms with E-state index in [1.54, 1.807) is 12.1 Å². The highest BCUT2D eigenvalue weighted by Crippen LogP contribution is 2.33. The first-order valence-corrected chi connectivity index (χ1v) is 8.69. The van der Waals surface area contributed by atoms with Crippen LogP contribution in [0.15, 0.2) is 41.4 Å². The van der Waals surface area contributed by atoms with Crippen molar-refractivity contribution < 1.29 is 22.8 Å². The first-order valence-electron chi connectivity index (χ1n) is 8.31. The summed E-state index contributed by atoms with van der Waals surface area (Å²) in [7, 11) is 1.50. The minimum absolute atomic E-state index is 0.0543. The zero-order valence-electron chi connectivity index (χ0n) is 15.0. The van der Waals surface area contributed by atoms with Crippen LogP contribution in [0.4, 0.5) is 18.9 Å². The van der Waals surface area contributed by atoms with E-state index < -0.39 is 29.4 Å². The van der Waals surface area contributed by atoms with Gasteiger partial charge in [0.15, 0.2) is 5.96 Å². The van der Waals surface area contributed by atoms with Crippen LogP contribution in [-0.2, 0) is 11.0 Å². The number of benzene rings is 1. The Hall–Kier alpha value is -3.14. The number of hydrogen-bond donors (Lipinski definition) is 2. The highest BCUT2D eigenvalue weighted by molar-refractivity contribution is 6.29. The van der Waals surface area contributed by atoms with Crippen LogP contribution in [0.1, 0.15) is 34.1 Å². The van der Waals surface area contributed by atoms with Gasteiger partial charge in [-0.2, -0.15) is 13.2 Å². The number of amides is 2. The first kappa shape index (κ1) is 20.6. The van der Waals surface area contributed by atoms with E-state index in [-0.39, 0.29) is 29.1 Å². The van der Waals surface area contributed by atoms with E-state index >= 15 is 0 Å². The summed E-state index contributed by atoms with van der Waals surface area (Å²) < 4.78 is 39.5. The average molecular weight is 426 g/mol. The van der Waals surface area contributed by atoms with Gasteiger partial charge in [-0.1, -0.05) is 23.7 Å². The number of hydrogen-bond acceptors (Lipinski definition) is 5. The maximum absolute atomic E-state index is 13.2. The molecule has 0 fully saturated rings. The summed E-state index contributed by atoms with van der Waals surface area (Å²) in [4.78, 5) is 33.4. The Labute approximate surface area is 168 Å². The molecule has 1 aromatic heterocycles. The van der Waals surface area contributed by atoms with Gasteiger partial charge >= 0.3 is 6.18 Å². The molecule has 1 atom stereocenters. The van der Waals surface area contributed by atoms with Crippen molar-refractivity contribution in [1.29, 1.82) is 0 Å². The smallest absolute Gasteiger partial charge is 0.369 e. The summed E-state index contributed by atoms with van der Waals surface area (Å²) >= 11 is 5.66. The van der Waals surface area contributed by atoms with Gasteiger partial charge in [0.25, 0.3) is 5.91 Å². The monoisotopic (exact) mass is 425 g/mol. The Morgan fingerprint density at radius 3 is 2.69 bits per heavy atom. The van der Waals surface area contributed by atoms with Crippen LogP contribution >= 0.6 is 11.6 Å². The number of pyridine rings is 1. The first-order chi connectivity index (χ1) is 13.6. The van der Waals surface area contributed by atoms with Crippen LogP contribution in [0.3, 0.4) is 0 Å². The fourth-order valence-corrected chi connectivity index (χ4v) is 2.91. The lowest BCUT2D eigenvalue weighted by molar-refractivity contribution is -0.138. The molecule has 2 heterocycles. The molecule has 2 aromatic rings. The molecular formula is C18H15ClF3N5O2. The van der Waals surface area contributed by atoms with Crippen molar-refractivity contribution in [3.8, 4) is 0 Å². The second-order valence-corrected chi connectivity index (χ2v) is 6.65. The van der Waals surface area contributed by atoms with Crippen LogP contribution in [-0.4, -0.2) is 34.7 Å². The summed E-state index contributed by atoms with van der Waals surface area (Å²) in [6.45, 7) is 0. The minimum Gasteiger partial charge on any atom is -0.369 e. The van der Waals surface area contributed by atoms with Crippen molar-refractivity contribution in [2.45, 2.75) is 18.6 Å². The van der Waals surface area contributed by atoms with Crippen LogP contribution in [0, 0.1) is 0 Å². The zero-order valence-corrected chi connectivity index (χ0v) is 15.8. The highest BCUT2D eigenvalue weighted by atomic mass is 35.5. The summed E-state index contributed by atoms with van der Waals surface area (Å²) in [5.41, 5.74) is 4.46. The van der Waals surface area contributed by atoms with Gasteiger partial charge in [0.1, 0.15) is 10.8 Å². The number of nitrogens with one attached hydrogen (secondary N) is 1. The average Bonchev–Trinajstić information content (AvgIpc) is 2.64. The molecule has 0 bridgehead atoms. The number of guanidine groups is 1. The number of nitrogens with two attached hydrogens (primary N) is 1. The summed E-state index contributed by atoms with van der Waals surface area (Å²) in [5, 5.41) is 2.13. The third-order valence-electron chi connectivity index (χ3n) is 4.28. The lowest BCUT2D eigenvalue weighted by atomic mass is 10.0. The molecule has 0 saturated carbocycles. The van der Waals surface area contributed by atoms with Gasteiger partial charge in [-0.3, -0.25) is 14.5 Å². The molecule has 1 aromatic carbocycles. The van der Waals surface area contributed by atoms with Crippen molar-refractivity contribution >= 4 is 35.1 Å². The summed E-state index contributed by atoms with van der Waals surface area (Å²) in [6, 6.07) is 7.34. The van der Waals surface area contributed by atoms with E-state index in [1.165, 1.54) is 24.1 Å². The van der Waals surface area contributed by atoms with E-state index in [0.29, 0.717) is 11.6 Å². The number of aromatic nitrogens is 1. The quantitative estimate of drug-likeness (QED) is 0.737. The number of alkyl halides is 3. The fourth-order valence-electron chi connectivity index (χ4n) is 2.77. The topological polar surface area (TPSA) is 101 Å². The van der Waals surface area contributed by atoms with E-state index in [2.05, 4.69) is 15.3 Å². The Balaban J connectivity index is 1.88. The van der Waals surface area contributed by atoms with Gasteiger partial charge in [0.2, 0.25) is 5.91 Å². The molecule has 0 radical (unpaired) electrons. The van der Waals surface area contributed by atoms with Crippen molar-refractivity contribution in [1.82, 2.24) is 9.88 Å². The molecule has 11 heteroatoms. The molecule has 7 nitrogen and oxygen atoms in total. The van der Waals surface area contributed by atoms with E-state index in [4.69, 9.17) is 17.3 Å². The second kappa shape index (κ2) is 7.70. The van der Waals surface area contributed by atoms with Gasteiger partial charge < -0.3 is 11.1 Å². The summed E-state index contributed by atoms with van der Waals surface area (Å²) in [5.74, 6) is -1.24.